The van der Waals surface area contributed by atoms with Crippen LogP contribution in [0.2, 0.25) is 0 Å². The Kier molecular flexibility index (Phi) is 4.48. The minimum absolute atomic E-state index is 0.527. The summed E-state index contributed by atoms with van der Waals surface area (Å²) in [6.45, 7) is 7.73. The molecule has 0 radical (unpaired) electrons. The molecule has 0 unspecified atom stereocenters. The van der Waals surface area contributed by atoms with Gasteiger partial charge in [-0.3, -0.25) is 4.99 Å². The van der Waals surface area contributed by atoms with Crippen molar-refractivity contribution in [3.05, 3.63) is 53.8 Å². The fraction of sp³-hybridized carbons (Fsp3) is 0.154. The van der Waals surface area contributed by atoms with Gasteiger partial charge in [0.05, 0.1) is 7.11 Å². The lowest BCUT2D eigenvalue weighted by atomic mass is 10.1. The molecule has 1 aromatic rings. The third-order valence-corrected chi connectivity index (χ3v) is 2.26. The highest BCUT2D eigenvalue weighted by atomic mass is 16.5. The Balaban J connectivity index is 3.18. The minimum atomic E-state index is 0.527. The molecule has 84 valence electrons. The molecule has 0 aliphatic carbocycles. The highest BCUT2D eigenvalue weighted by Crippen LogP contribution is 2.21. The Hall–Kier alpha value is -1.87. The second kappa shape index (κ2) is 5.88. The van der Waals surface area contributed by atoms with Crippen LogP contribution in [0.25, 0.3) is 5.70 Å². The molecule has 0 bridgehead atoms. The van der Waals surface area contributed by atoms with Crippen molar-refractivity contribution in [2.45, 2.75) is 6.54 Å². The van der Waals surface area contributed by atoms with Crippen LogP contribution in [0.5, 0.6) is 0 Å². The van der Waals surface area contributed by atoms with Gasteiger partial charge in [0, 0.05) is 12.1 Å². The first-order valence-corrected chi connectivity index (χ1v) is 4.93. The van der Waals surface area contributed by atoms with Crippen molar-refractivity contribution in [3.63, 3.8) is 0 Å². The summed E-state index contributed by atoms with van der Waals surface area (Å²) in [4.78, 5) is 3.96. The van der Waals surface area contributed by atoms with Crippen molar-refractivity contribution in [3.8, 4) is 0 Å². The summed E-state index contributed by atoms with van der Waals surface area (Å²) in [5, 5.41) is 0. The van der Waals surface area contributed by atoms with Crippen molar-refractivity contribution in [2.75, 3.05) is 7.11 Å². The number of nitrogens with zero attached hydrogens (tertiary/aromatic N) is 1. The lowest BCUT2D eigenvalue weighted by Gasteiger charge is -2.07. The zero-order valence-corrected chi connectivity index (χ0v) is 9.44. The Morgan fingerprint density at radius 3 is 2.44 bits per heavy atom. The normalized spacial score (nSPS) is 11.6. The number of nitrogens with two attached hydrogens (primary N) is 1. The zero-order valence-electron chi connectivity index (χ0n) is 9.44. The maximum atomic E-state index is 5.53. The van der Waals surface area contributed by atoms with E-state index in [2.05, 4.69) is 18.3 Å². The standard InChI is InChI=1S/C13H16N2O/c1-4-12(16-3)13(15-2)11-7-5-10(9-14)6-8-11/h4-8H,1-2,9,14H2,3H3/b13-12+. The molecular weight excluding hydrogens is 200 g/mol. The Bertz CT molecular complexity index is 404. The van der Waals surface area contributed by atoms with Crippen LogP contribution < -0.4 is 5.73 Å². The van der Waals surface area contributed by atoms with Crippen LogP contribution in [0.1, 0.15) is 11.1 Å². The summed E-state index contributed by atoms with van der Waals surface area (Å²) >= 11 is 0. The molecule has 16 heavy (non-hydrogen) atoms. The van der Waals surface area contributed by atoms with Gasteiger partial charge in [-0.15, -0.1) is 0 Å². The summed E-state index contributed by atoms with van der Waals surface area (Å²) in [5.74, 6) is 0.607. The third kappa shape index (κ3) is 2.58. The first kappa shape index (κ1) is 12.2. The average Bonchev–Trinajstić information content (AvgIpc) is 2.36. The molecule has 0 atom stereocenters. The first-order valence-electron chi connectivity index (χ1n) is 4.93. The number of rotatable bonds is 5. The predicted molar refractivity (Wildman–Crippen MR) is 68.0 cm³/mol. The Labute approximate surface area is 96.0 Å². The van der Waals surface area contributed by atoms with Gasteiger partial charge in [-0.2, -0.15) is 0 Å². The molecule has 0 aliphatic rings. The van der Waals surface area contributed by atoms with Gasteiger partial charge in [-0.25, -0.2) is 0 Å². The number of benzene rings is 1. The van der Waals surface area contributed by atoms with Crippen molar-refractivity contribution in [1.29, 1.82) is 0 Å². The van der Waals surface area contributed by atoms with E-state index in [0.717, 1.165) is 11.1 Å². The lowest BCUT2D eigenvalue weighted by Crippen LogP contribution is -1.96. The molecule has 0 saturated carbocycles. The van der Waals surface area contributed by atoms with Crippen LogP contribution in [0.3, 0.4) is 0 Å². The van der Waals surface area contributed by atoms with Crippen LogP contribution in [0.4, 0.5) is 0 Å². The molecule has 1 rings (SSSR count). The number of methoxy groups -OCH3 is 1. The highest BCUT2D eigenvalue weighted by Gasteiger charge is 2.05. The van der Waals surface area contributed by atoms with E-state index in [1.165, 1.54) is 0 Å². The molecule has 3 heteroatoms. The van der Waals surface area contributed by atoms with Gasteiger partial charge >= 0.3 is 0 Å². The van der Waals surface area contributed by atoms with E-state index in [9.17, 15) is 0 Å². The number of aliphatic imine (C=N–C) groups is 1. The van der Waals surface area contributed by atoms with E-state index in [0.29, 0.717) is 18.0 Å². The van der Waals surface area contributed by atoms with Crippen molar-refractivity contribution >= 4 is 12.4 Å². The molecular formula is C13H16N2O. The quantitative estimate of drug-likeness (QED) is 0.466. The number of hydrogen-bond acceptors (Lipinski definition) is 3. The predicted octanol–water partition coefficient (Wildman–Crippen LogP) is 2.35. The van der Waals surface area contributed by atoms with Gasteiger partial charge in [0.25, 0.3) is 0 Å². The maximum Gasteiger partial charge on any atom is 0.144 e. The largest absolute Gasteiger partial charge is 0.494 e. The summed E-state index contributed by atoms with van der Waals surface area (Å²) in [5.41, 5.74) is 8.22. The van der Waals surface area contributed by atoms with Gasteiger partial charge < -0.3 is 10.5 Å². The van der Waals surface area contributed by atoms with E-state index in [1.807, 2.05) is 24.3 Å². The monoisotopic (exact) mass is 216 g/mol. The van der Waals surface area contributed by atoms with Gasteiger partial charge in [-0.1, -0.05) is 30.8 Å². The number of allylic oxidation sites excluding steroid dienone is 1. The van der Waals surface area contributed by atoms with Crippen LogP contribution in [-0.2, 0) is 11.3 Å². The molecule has 0 saturated heterocycles. The Morgan fingerprint density at radius 2 is 2.06 bits per heavy atom. The molecule has 2 N–H and O–H groups in total. The number of ether oxygens (including phenoxy) is 1. The van der Waals surface area contributed by atoms with E-state index in [1.54, 1.807) is 13.2 Å². The van der Waals surface area contributed by atoms with E-state index in [-0.39, 0.29) is 0 Å². The summed E-state index contributed by atoms with van der Waals surface area (Å²) in [7, 11) is 1.58. The van der Waals surface area contributed by atoms with Gasteiger partial charge in [0.1, 0.15) is 11.5 Å². The van der Waals surface area contributed by atoms with Gasteiger partial charge in [0.15, 0.2) is 0 Å². The smallest absolute Gasteiger partial charge is 0.144 e. The zero-order chi connectivity index (χ0) is 12.0. The number of hydrogen-bond donors (Lipinski definition) is 1. The second-order valence-corrected chi connectivity index (χ2v) is 3.18. The summed E-state index contributed by atoms with van der Waals surface area (Å²) in [6, 6.07) is 7.79. The van der Waals surface area contributed by atoms with E-state index < -0.39 is 0 Å². The molecule has 0 amide bonds. The second-order valence-electron chi connectivity index (χ2n) is 3.18. The summed E-state index contributed by atoms with van der Waals surface area (Å²) < 4.78 is 5.17. The van der Waals surface area contributed by atoms with Crippen LogP contribution in [-0.4, -0.2) is 13.8 Å². The maximum absolute atomic E-state index is 5.53. The lowest BCUT2D eigenvalue weighted by molar-refractivity contribution is 0.308. The average molecular weight is 216 g/mol. The molecule has 3 nitrogen and oxygen atoms in total. The molecule has 0 heterocycles. The van der Waals surface area contributed by atoms with E-state index >= 15 is 0 Å². The van der Waals surface area contributed by atoms with Crippen molar-refractivity contribution in [1.82, 2.24) is 0 Å². The third-order valence-electron chi connectivity index (χ3n) is 2.26. The van der Waals surface area contributed by atoms with Crippen LogP contribution >= 0.6 is 0 Å². The topological polar surface area (TPSA) is 47.6 Å². The first-order chi connectivity index (χ1) is 7.76. The fourth-order valence-electron chi connectivity index (χ4n) is 1.39. The van der Waals surface area contributed by atoms with Crippen molar-refractivity contribution < 1.29 is 4.74 Å². The van der Waals surface area contributed by atoms with E-state index in [4.69, 9.17) is 10.5 Å². The summed E-state index contributed by atoms with van der Waals surface area (Å²) in [6.07, 6.45) is 1.61. The van der Waals surface area contributed by atoms with Crippen LogP contribution in [0.15, 0.2) is 47.7 Å². The Morgan fingerprint density at radius 1 is 1.44 bits per heavy atom. The molecule has 0 fully saturated rings. The fourth-order valence-corrected chi connectivity index (χ4v) is 1.39. The minimum Gasteiger partial charge on any atom is -0.494 e. The SMILES string of the molecule is C=C/C(OC)=C(\N=C)c1ccc(CN)cc1. The molecule has 1 aromatic carbocycles. The van der Waals surface area contributed by atoms with Crippen molar-refractivity contribution in [2.24, 2.45) is 10.7 Å². The van der Waals surface area contributed by atoms with Gasteiger partial charge in [0.2, 0.25) is 0 Å². The van der Waals surface area contributed by atoms with Crippen LogP contribution in [0, 0.1) is 0 Å². The van der Waals surface area contributed by atoms with Gasteiger partial charge in [-0.05, 0) is 18.4 Å². The molecule has 0 aliphatic heterocycles. The highest BCUT2D eigenvalue weighted by molar-refractivity contribution is 5.71. The molecule has 0 spiro atoms. The molecule has 0 aromatic heterocycles.